The van der Waals surface area contributed by atoms with Crippen LogP contribution in [0, 0.1) is 6.92 Å². The van der Waals surface area contributed by atoms with Crippen LogP contribution in [-0.2, 0) is 0 Å². The molecule has 2 aromatic rings. The first-order valence-electron chi connectivity index (χ1n) is 8.04. The predicted molar refractivity (Wildman–Crippen MR) is 111 cm³/mol. The van der Waals surface area contributed by atoms with Crippen LogP contribution in [-0.4, -0.2) is 19.3 Å². The summed E-state index contributed by atoms with van der Waals surface area (Å²) in [5, 5.41) is 7.19. The van der Waals surface area contributed by atoms with Gasteiger partial charge in [-0.25, -0.2) is 0 Å². The van der Waals surface area contributed by atoms with Gasteiger partial charge in [-0.15, -0.1) is 0 Å². The number of hydrogen-bond acceptors (Lipinski definition) is 3. The van der Waals surface area contributed by atoms with E-state index < -0.39 is 0 Å². The molecular formula is C19H23BrN2O2S. The summed E-state index contributed by atoms with van der Waals surface area (Å²) in [6.45, 7) is 4.16. The molecule has 0 fully saturated rings. The third-order valence-electron chi connectivity index (χ3n) is 3.94. The highest BCUT2D eigenvalue weighted by Crippen LogP contribution is 2.31. The highest BCUT2D eigenvalue weighted by molar-refractivity contribution is 9.10. The minimum absolute atomic E-state index is 0.0800. The van der Waals surface area contributed by atoms with Crippen molar-refractivity contribution in [1.29, 1.82) is 0 Å². The molecule has 0 radical (unpaired) electrons. The van der Waals surface area contributed by atoms with Crippen molar-refractivity contribution >= 4 is 38.9 Å². The van der Waals surface area contributed by atoms with Gasteiger partial charge >= 0.3 is 0 Å². The molecule has 0 saturated heterocycles. The third kappa shape index (κ3) is 5.09. The molecule has 2 N–H and O–H groups in total. The van der Waals surface area contributed by atoms with Crippen molar-refractivity contribution in [2.24, 2.45) is 0 Å². The first kappa shape index (κ1) is 19.5. The fourth-order valence-electron chi connectivity index (χ4n) is 2.54. The van der Waals surface area contributed by atoms with Gasteiger partial charge < -0.3 is 20.1 Å². The van der Waals surface area contributed by atoms with Crippen LogP contribution >= 0.6 is 28.1 Å². The molecule has 0 unspecified atom stereocenters. The number of anilines is 1. The minimum atomic E-state index is 0.0800. The van der Waals surface area contributed by atoms with E-state index in [1.165, 1.54) is 0 Å². The summed E-state index contributed by atoms with van der Waals surface area (Å²) in [5.74, 6) is 1.43. The standard InChI is InChI=1S/C19H23BrN2O2S/c1-5-16(13-6-9-17(23-3)18(11-13)24-4)22-19(25)21-14-7-8-15(20)12(2)10-14/h6-11,16H,5H2,1-4H3,(H2,21,22,25)/t16-/m0/s1. The number of nitrogens with one attached hydrogen (secondary N) is 2. The molecule has 0 aliphatic heterocycles. The Labute approximate surface area is 163 Å². The van der Waals surface area contributed by atoms with Gasteiger partial charge in [-0.3, -0.25) is 0 Å². The SMILES string of the molecule is CC[C@H](NC(=S)Nc1ccc(Br)c(C)c1)c1ccc(OC)c(OC)c1. The number of halogens is 1. The Morgan fingerprint density at radius 1 is 1.12 bits per heavy atom. The van der Waals surface area contributed by atoms with Crippen LogP contribution in [0.4, 0.5) is 5.69 Å². The van der Waals surface area contributed by atoms with Crippen molar-refractivity contribution in [1.82, 2.24) is 5.32 Å². The van der Waals surface area contributed by atoms with Crippen molar-refractivity contribution in [3.05, 3.63) is 52.0 Å². The molecule has 4 nitrogen and oxygen atoms in total. The number of thiocarbonyl (C=S) groups is 1. The molecule has 0 amide bonds. The largest absolute Gasteiger partial charge is 0.493 e. The van der Waals surface area contributed by atoms with Gasteiger partial charge in [0.25, 0.3) is 0 Å². The summed E-state index contributed by atoms with van der Waals surface area (Å²) in [6.07, 6.45) is 0.886. The Balaban J connectivity index is 2.10. The molecule has 2 aromatic carbocycles. The summed E-state index contributed by atoms with van der Waals surface area (Å²) in [5.41, 5.74) is 3.20. The van der Waals surface area contributed by atoms with Gasteiger partial charge in [-0.1, -0.05) is 28.9 Å². The topological polar surface area (TPSA) is 42.5 Å². The minimum Gasteiger partial charge on any atom is -0.493 e. The van der Waals surface area contributed by atoms with Crippen LogP contribution in [0.5, 0.6) is 11.5 Å². The molecule has 0 aliphatic rings. The first-order valence-corrected chi connectivity index (χ1v) is 9.24. The van der Waals surface area contributed by atoms with Crippen molar-refractivity contribution in [3.8, 4) is 11.5 Å². The van der Waals surface area contributed by atoms with E-state index in [2.05, 4.69) is 39.6 Å². The second-order valence-electron chi connectivity index (χ2n) is 5.64. The van der Waals surface area contributed by atoms with E-state index in [1.54, 1.807) is 14.2 Å². The van der Waals surface area contributed by atoms with E-state index in [-0.39, 0.29) is 6.04 Å². The number of hydrogen-bond donors (Lipinski definition) is 2. The van der Waals surface area contributed by atoms with Crippen molar-refractivity contribution < 1.29 is 9.47 Å². The summed E-state index contributed by atoms with van der Waals surface area (Å²) in [7, 11) is 3.27. The van der Waals surface area contributed by atoms with Crippen molar-refractivity contribution in [2.45, 2.75) is 26.3 Å². The summed E-state index contributed by atoms with van der Waals surface area (Å²) < 4.78 is 11.8. The Kier molecular flexibility index (Phi) is 7.08. The summed E-state index contributed by atoms with van der Waals surface area (Å²) >= 11 is 8.98. The van der Waals surface area contributed by atoms with E-state index in [1.807, 2.05) is 37.3 Å². The summed E-state index contributed by atoms with van der Waals surface area (Å²) in [4.78, 5) is 0. The number of ether oxygens (including phenoxy) is 2. The molecule has 1 atom stereocenters. The molecule has 6 heteroatoms. The Bertz CT molecular complexity index is 752. The smallest absolute Gasteiger partial charge is 0.171 e. The predicted octanol–water partition coefficient (Wildman–Crippen LogP) is 5.21. The number of rotatable bonds is 6. The highest BCUT2D eigenvalue weighted by atomic mass is 79.9. The van der Waals surface area contributed by atoms with Crippen LogP contribution in [0.2, 0.25) is 0 Å². The molecule has 25 heavy (non-hydrogen) atoms. The zero-order valence-corrected chi connectivity index (χ0v) is 17.3. The number of methoxy groups -OCH3 is 2. The molecule has 134 valence electrons. The van der Waals surface area contributed by atoms with E-state index in [0.29, 0.717) is 16.6 Å². The lowest BCUT2D eigenvalue weighted by Gasteiger charge is -2.21. The maximum absolute atomic E-state index is 5.47. The lowest BCUT2D eigenvalue weighted by Crippen LogP contribution is -2.32. The van der Waals surface area contributed by atoms with Crippen molar-refractivity contribution in [2.75, 3.05) is 19.5 Å². The molecule has 0 heterocycles. The normalized spacial score (nSPS) is 11.6. The molecule has 0 spiro atoms. The first-order chi connectivity index (χ1) is 12.0. The van der Waals surface area contributed by atoms with Gasteiger partial charge in [-0.2, -0.15) is 0 Å². The van der Waals surface area contributed by atoms with Crippen LogP contribution in [0.25, 0.3) is 0 Å². The van der Waals surface area contributed by atoms with Crippen LogP contribution < -0.4 is 20.1 Å². The van der Waals surface area contributed by atoms with Crippen LogP contribution in [0.3, 0.4) is 0 Å². The van der Waals surface area contributed by atoms with E-state index in [4.69, 9.17) is 21.7 Å². The van der Waals surface area contributed by atoms with Gasteiger partial charge in [0.15, 0.2) is 16.6 Å². The fraction of sp³-hybridized carbons (Fsp3) is 0.316. The van der Waals surface area contributed by atoms with E-state index >= 15 is 0 Å². The molecule has 0 aliphatic carbocycles. The van der Waals surface area contributed by atoms with Gasteiger partial charge in [-0.05, 0) is 67.0 Å². The third-order valence-corrected chi connectivity index (χ3v) is 5.05. The molecule has 0 aromatic heterocycles. The molecule has 2 rings (SSSR count). The van der Waals surface area contributed by atoms with Crippen LogP contribution in [0.1, 0.15) is 30.5 Å². The van der Waals surface area contributed by atoms with Crippen LogP contribution in [0.15, 0.2) is 40.9 Å². The van der Waals surface area contributed by atoms with E-state index in [9.17, 15) is 0 Å². The monoisotopic (exact) mass is 422 g/mol. The van der Waals surface area contributed by atoms with Gasteiger partial charge in [0.1, 0.15) is 0 Å². The van der Waals surface area contributed by atoms with E-state index in [0.717, 1.165) is 27.7 Å². The average Bonchev–Trinajstić information content (AvgIpc) is 2.62. The Hall–Kier alpha value is -1.79. The molecule has 0 bridgehead atoms. The molecular weight excluding hydrogens is 400 g/mol. The zero-order chi connectivity index (χ0) is 18.4. The second-order valence-corrected chi connectivity index (χ2v) is 6.90. The average molecular weight is 423 g/mol. The quantitative estimate of drug-likeness (QED) is 0.625. The molecule has 0 saturated carbocycles. The maximum Gasteiger partial charge on any atom is 0.171 e. The maximum atomic E-state index is 5.47. The van der Waals surface area contributed by atoms with Gasteiger partial charge in [0.2, 0.25) is 0 Å². The highest BCUT2D eigenvalue weighted by Gasteiger charge is 2.14. The Morgan fingerprint density at radius 2 is 1.84 bits per heavy atom. The fourth-order valence-corrected chi connectivity index (χ4v) is 3.05. The summed E-state index contributed by atoms with van der Waals surface area (Å²) in [6, 6.07) is 12.0. The Morgan fingerprint density at radius 3 is 2.44 bits per heavy atom. The van der Waals surface area contributed by atoms with Gasteiger partial charge in [0, 0.05) is 10.2 Å². The lowest BCUT2D eigenvalue weighted by molar-refractivity contribution is 0.354. The second kappa shape index (κ2) is 9.06. The zero-order valence-electron chi connectivity index (χ0n) is 14.9. The number of aryl methyl sites for hydroxylation is 1. The lowest BCUT2D eigenvalue weighted by atomic mass is 10.0. The number of benzene rings is 2. The van der Waals surface area contributed by atoms with Crippen molar-refractivity contribution in [3.63, 3.8) is 0 Å². The van der Waals surface area contributed by atoms with Gasteiger partial charge in [0.05, 0.1) is 20.3 Å².